The standard InChI is InChI=1S/C20H28N4O2.C19H25ClN4O2.C19H26N4O2.C17H23ClN4O2.C16H23ClN4O2/c1-13-9-10-16-18(21-13)24(14-6-4-7-14)19(22-16)23-17(25)12-15-8-5-11-20(2,3)26-15;1-19(2)10-4-7-13(26-19)11-16(25)23-18-21-14-8-9-15(20)22-17(14)24(18)12-5-3-6-12;1-12-7-8-15-17(20-12)23(13-5-4-6-13)18(21-15)22-16(24)11-14-9-10-19(2,3)25-14;1-4-9-22-15-12(5-6-13(18)20-15)19-16(22)21-14(23)10-11-7-8-17(2,3)24-11;1-5-9-21-14-11(6-7-12(17)19-14)18-15(21)20-13(22)8-10-23-16(2,3)4/h9-10,14-15H,4-8,11-12H2,1-3H3,(H,22,23,25);8-9,12-13H,3-7,10-11H2,1-2H3,(H,21,23,25);7-8,13-14H,4-6,9-11H2,1-3H3,(H,21,22,24);5-6,11H,4,7-10H2,1-3H3,(H,19,21,23);6-7H,5,8-10H2,1-4H3,(H,18,20,22)/t15-;13-;14-;;/m001../s1. The predicted octanol–water partition coefficient (Wildman–Crippen LogP) is 19.8. The van der Waals surface area contributed by atoms with Crippen LogP contribution in [0.15, 0.2) is 60.7 Å². The number of aromatic nitrogens is 15. The lowest BCUT2D eigenvalue weighted by atomic mass is 9.93. The summed E-state index contributed by atoms with van der Waals surface area (Å²) < 4.78 is 39.6. The van der Waals surface area contributed by atoms with Crippen LogP contribution in [0, 0.1) is 13.8 Å². The second-order valence-corrected chi connectivity index (χ2v) is 38.7. The largest absolute Gasteiger partial charge is 0.375 e. The van der Waals surface area contributed by atoms with Crippen molar-refractivity contribution in [2.24, 2.45) is 0 Å². The first-order chi connectivity index (χ1) is 58.9. The Morgan fingerprint density at radius 1 is 0.379 bits per heavy atom. The van der Waals surface area contributed by atoms with E-state index < -0.39 is 0 Å². The van der Waals surface area contributed by atoms with Crippen molar-refractivity contribution in [2.75, 3.05) is 33.2 Å². The molecule has 4 atom stereocenters. The quantitative estimate of drug-likeness (QED) is 0.0371. The van der Waals surface area contributed by atoms with Gasteiger partial charge in [-0.1, -0.05) is 48.7 Å². The highest BCUT2D eigenvalue weighted by atomic mass is 35.5. The normalized spacial score (nSPS) is 20.3. The average molecular weight is 1770 g/mol. The summed E-state index contributed by atoms with van der Waals surface area (Å²) in [6.45, 7) is 32.4. The Kier molecular flexibility index (Phi) is 29.9. The van der Waals surface area contributed by atoms with Crippen molar-refractivity contribution in [3.63, 3.8) is 0 Å². The number of hydrogen-bond acceptors (Lipinski definition) is 20. The summed E-state index contributed by atoms with van der Waals surface area (Å²) in [5.41, 5.74) is 8.87. The number of pyridine rings is 5. The van der Waals surface area contributed by atoms with Gasteiger partial charge in [0.05, 0.1) is 91.1 Å². The highest BCUT2D eigenvalue weighted by Crippen LogP contribution is 2.42. The highest BCUT2D eigenvalue weighted by Gasteiger charge is 2.38. The molecule has 30 nitrogen and oxygen atoms in total. The molecule has 4 aliphatic heterocycles. The van der Waals surface area contributed by atoms with Crippen molar-refractivity contribution in [3.05, 3.63) is 87.5 Å². The fourth-order valence-electron chi connectivity index (χ4n) is 16.9. The fraction of sp³-hybridized carbons (Fsp3) is 0.615. The van der Waals surface area contributed by atoms with Gasteiger partial charge in [-0.2, -0.15) is 0 Å². The molecule has 3 saturated carbocycles. The van der Waals surface area contributed by atoms with Crippen LogP contribution < -0.4 is 26.6 Å². The van der Waals surface area contributed by atoms with Gasteiger partial charge in [-0.15, -0.1) is 0 Å². The highest BCUT2D eigenvalue weighted by molar-refractivity contribution is 6.30. The van der Waals surface area contributed by atoms with E-state index in [1.807, 2.05) is 84.7 Å². The van der Waals surface area contributed by atoms with E-state index in [9.17, 15) is 24.0 Å². The first kappa shape index (κ1) is 92.8. The maximum Gasteiger partial charge on any atom is 0.229 e. The number of halogens is 3. The number of fused-ring (bicyclic) bond motifs is 5. The number of hydrogen-bond donors (Lipinski definition) is 5. The second-order valence-electron chi connectivity index (χ2n) is 37.5. The van der Waals surface area contributed by atoms with Crippen molar-refractivity contribution < 1.29 is 47.7 Å². The van der Waals surface area contributed by atoms with Crippen LogP contribution in [0.1, 0.15) is 286 Å². The summed E-state index contributed by atoms with van der Waals surface area (Å²) in [5.74, 6) is 2.50. The van der Waals surface area contributed by atoms with Gasteiger partial charge in [0, 0.05) is 42.6 Å². The van der Waals surface area contributed by atoms with Crippen molar-refractivity contribution in [1.82, 2.24) is 72.7 Å². The van der Waals surface area contributed by atoms with Gasteiger partial charge in [0.25, 0.3) is 0 Å². The number of ether oxygens (including phenoxy) is 5. The molecule has 3 aliphatic carbocycles. The van der Waals surface area contributed by atoms with E-state index in [0.717, 1.165) is 166 Å². The molecule has 1 unspecified atom stereocenters. The van der Waals surface area contributed by atoms with Crippen LogP contribution in [0.4, 0.5) is 29.7 Å². The number of imidazole rings is 5. The average Bonchev–Trinajstić information content (AvgIpc) is 1.57. The van der Waals surface area contributed by atoms with Crippen molar-refractivity contribution in [1.29, 1.82) is 0 Å². The Balaban J connectivity index is 0.000000133. The molecule has 4 saturated heterocycles. The zero-order chi connectivity index (χ0) is 88.6. The molecule has 7 fully saturated rings. The number of carbonyl (C=O) groups is 5. The van der Waals surface area contributed by atoms with Gasteiger partial charge in [0.1, 0.15) is 43.0 Å². The molecule has 0 bridgehead atoms. The minimum Gasteiger partial charge on any atom is -0.375 e. The van der Waals surface area contributed by atoms with E-state index in [0.29, 0.717) is 126 Å². The topological polar surface area (TPSA) is 345 Å². The number of nitrogens with zero attached hydrogens (tertiary/aromatic N) is 15. The first-order valence-corrected chi connectivity index (χ1v) is 45.7. The zero-order valence-electron chi connectivity index (χ0n) is 74.7. The van der Waals surface area contributed by atoms with Gasteiger partial charge in [-0.3, -0.25) is 73.4 Å². The van der Waals surface area contributed by atoms with Crippen molar-refractivity contribution in [2.45, 2.75) is 354 Å². The summed E-state index contributed by atoms with van der Waals surface area (Å²) in [6, 6.07) is 19.6. The Morgan fingerprint density at radius 3 is 0.976 bits per heavy atom. The van der Waals surface area contributed by atoms with Gasteiger partial charge in [0.15, 0.2) is 28.2 Å². The van der Waals surface area contributed by atoms with Crippen molar-refractivity contribution in [3.8, 4) is 0 Å². The van der Waals surface area contributed by atoms with Gasteiger partial charge in [-0.25, -0.2) is 49.8 Å². The molecule has 124 heavy (non-hydrogen) atoms. The minimum atomic E-state index is -0.254. The van der Waals surface area contributed by atoms with Gasteiger partial charge < -0.3 is 23.7 Å². The molecule has 33 heteroatoms. The molecule has 10 aromatic heterocycles. The number of aryl methyl sites for hydroxylation is 4. The van der Waals surface area contributed by atoms with Gasteiger partial charge in [-0.05, 0) is 286 Å². The number of amides is 5. The van der Waals surface area contributed by atoms with Crippen LogP contribution in [0.25, 0.3) is 55.8 Å². The fourth-order valence-corrected chi connectivity index (χ4v) is 17.3. The Labute approximate surface area is 741 Å². The molecule has 10 aromatic rings. The van der Waals surface area contributed by atoms with E-state index in [2.05, 4.69) is 155 Å². The summed E-state index contributed by atoms with van der Waals surface area (Å²) in [7, 11) is 0. The van der Waals surface area contributed by atoms with E-state index in [1.165, 1.54) is 19.3 Å². The summed E-state index contributed by atoms with van der Waals surface area (Å²) in [5, 5.41) is 16.1. The lowest BCUT2D eigenvalue weighted by molar-refractivity contribution is -0.132. The second kappa shape index (κ2) is 40.0. The molecule has 0 radical (unpaired) electrons. The third kappa shape index (κ3) is 24.5. The van der Waals surface area contributed by atoms with Crippen molar-refractivity contribution >= 4 is 150 Å². The van der Waals surface area contributed by atoms with E-state index in [4.69, 9.17) is 58.5 Å². The monoisotopic (exact) mass is 1760 g/mol. The number of carbonyl (C=O) groups excluding carboxylic acids is 5. The molecule has 7 aliphatic rings. The SMILES string of the molecule is CC1(C)CCC[C@@H](CC(=O)Nc2nc3ccc(Cl)nc3n2C2CCC2)O1.CCCn1c(NC(=O)CC2CCC(C)(C)O2)nc2ccc(Cl)nc21.CCCn1c(NC(=O)CCOC(C)(C)C)nc2ccc(Cl)nc21.Cc1ccc2nc(NC(=O)C[C@@H]3CCCC(C)(C)O3)n(C3CCC3)c2n1.Cc1ccc2nc(NC(=O)C[C@H]3CCC(C)(C)O3)n(C3CCC3)c2n1. The summed E-state index contributed by atoms with van der Waals surface area (Å²) >= 11 is 18.0. The molecular formula is C91H125Cl3N20O10. The van der Waals surface area contributed by atoms with E-state index in [1.54, 1.807) is 24.3 Å². The molecule has 17 rings (SSSR count). The molecular weight excluding hydrogens is 1640 g/mol. The molecule has 5 amide bonds. The summed E-state index contributed by atoms with van der Waals surface area (Å²) in [6.07, 6.45) is 23.6. The lowest BCUT2D eigenvalue weighted by Gasteiger charge is -2.35. The number of rotatable bonds is 23. The minimum absolute atomic E-state index is 0.00287. The van der Waals surface area contributed by atoms with Gasteiger partial charge in [0.2, 0.25) is 59.3 Å². The number of nitrogens with one attached hydrogen (secondary N) is 5. The van der Waals surface area contributed by atoms with Crippen LogP contribution in [-0.4, -0.2) is 161 Å². The van der Waals surface area contributed by atoms with Crippen LogP contribution in [0.2, 0.25) is 15.5 Å². The Bertz CT molecular complexity index is 5300. The van der Waals surface area contributed by atoms with Crippen LogP contribution in [-0.2, 0) is 60.7 Å². The third-order valence-corrected chi connectivity index (χ3v) is 24.3. The van der Waals surface area contributed by atoms with Gasteiger partial charge >= 0.3 is 0 Å². The number of anilines is 5. The molecule has 5 N–H and O–H groups in total. The molecule has 0 aromatic carbocycles. The van der Waals surface area contributed by atoms with Crippen LogP contribution in [0.5, 0.6) is 0 Å². The third-order valence-electron chi connectivity index (χ3n) is 23.6. The van der Waals surface area contributed by atoms with E-state index >= 15 is 0 Å². The predicted molar refractivity (Wildman–Crippen MR) is 485 cm³/mol. The molecule has 0 spiro atoms. The van der Waals surface area contributed by atoms with Crippen LogP contribution >= 0.6 is 34.8 Å². The molecule has 670 valence electrons. The first-order valence-electron chi connectivity index (χ1n) is 44.6. The van der Waals surface area contributed by atoms with Crippen LogP contribution in [0.3, 0.4) is 0 Å². The molecule has 14 heterocycles. The maximum atomic E-state index is 12.7. The zero-order valence-corrected chi connectivity index (χ0v) is 77.0. The Morgan fingerprint density at radius 2 is 0.669 bits per heavy atom. The smallest absolute Gasteiger partial charge is 0.229 e. The van der Waals surface area contributed by atoms with E-state index in [-0.39, 0.29) is 88.4 Å². The summed E-state index contributed by atoms with van der Waals surface area (Å²) in [4.78, 5) is 107. The maximum absolute atomic E-state index is 12.7. The Hall–Kier alpha value is -8.88. The lowest BCUT2D eigenvalue weighted by Crippen LogP contribution is -2.37.